The zero-order valence-corrected chi connectivity index (χ0v) is 13.7. The lowest BCUT2D eigenvalue weighted by molar-refractivity contribution is 0.295. The minimum atomic E-state index is 0.647. The first-order chi connectivity index (χ1) is 9.08. The molecule has 19 heavy (non-hydrogen) atoms. The van der Waals surface area contributed by atoms with E-state index in [1.165, 1.54) is 0 Å². The second-order valence-corrected chi connectivity index (χ2v) is 5.25. The summed E-state index contributed by atoms with van der Waals surface area (Å²) < 4.78 is 6.49. The highest BCUT2D eigenvalue weighted by atomic mass is 79.9. The molecule has 0 saturated heterocycles. The Balaban J connectivity index is 2.81. The van der Waals surface area contributed by atoms with Gasteiger partial charge in [-0.05, 0) is 42.3 Å². The molecule has 0 aliphatic carbocycles. The van der Waals surface area contributed by atoms with Crippen molar-refractivity contribution in [3.8, 4) is 5.88 Å². The van der Waals surface area contributed by atoms with Gasteiger partial charge in [0.15, 0.2) is 0 Å². The molecule has 1 heterocycles. The summed E-state index contributed by atoms with van der Waals surface area (Å²) in [5.74, 6) is 0.647. The van der Waals surface area contributed by atoms with Gasteiger partial charge in [0.1, 0.15) is 0 Å². The summed E-state index contributed by atoms with van der Waals surface area (Å²) in [6.07, 6.45) is 3.96. The average molecular weight is 328 g/mol. The minimum absolute atomic E-state index is 0.647. The highest BCUT2D eigenvalue weighted by Crippen LogP contribution is 2.29. The molecule has 0 atom stereocenters. The zero-order valence-electron chi connectivity index (χ0n) is 12.1. The number of ether oxygens (including phenoxy) is 1. The van der Waals surface area contributed by atoms with E-state index in [9.17, 15) is 0 Å². The second kappa shape index (κ2) is 8.15. The third-order valence-corrected chi connectivity index (χ3v) is 3.31. The van der Waals surface area contributed by atoms with Crippen LogP contribution < -0.4 is 4.74 Å². The molecule has 0 unspecified atom stereocenters. The van der Waals surface area contributed by atoms with Gasteiger partial charge in [-0.2, -0.15) is 0 Å². The molecule has 106 valence electrons. The van der Waals surface area contributed by atoms with Crippen LogP contribution in [0, 0.1) is 6.92 Å². The number of unbranched alkanes of at least 4 members (excludes halogenated alkanes) is 1. The normalized spacial score (nSPS) is 11.0. The maximum Gasteiger partial charge on any atom is 0.228 e. The van der Waals surface area contributed by atoms with Crippen molar-refractivity contribution in [3.05, 3.63) is 16.2 Å². The van der Waals surface area contributed by atoms with Gasteiger partial charge in [0.2, 0.25) is 5.88 Å². The van der Waals surface area contributed by atoms with Crippen LogP contribution in [0.5, 0.6) is 5.88 Å². The first-order valence-corrected chi connectivity index (χ1v) is 7.42. The van der Waals surface area contributed by atoms with Crippen molar-refractivity contribution >= 4 is 28.0 Å². The maximum atomic E-state index is 5.64. The number of aryl methyl sites for hydroxylation is 1. The molecule has 0 aliphatic heterocycles. The largest absolute Gasteiger partial charge is 0.477 e. The third kappa shape index (κ3) is 5.19. The number of rotatable bonds is 7. The van der Waals surface area contributed by atoms with E-state index in [1.807, 2.05) is 31.3 Å². The Bertz CT molecular complexity index is 435. The van der Waals surface area contributed by atoms with Crippen molar-refractivity contribution in [3.63, 3.8) is 0 Å². The fourth-order valence-electron chi connectivity index (χ4n) is 1.34. The van der Waals surface area contributed by atoms with Gasteiger partial charge in [-0.1, -0.05) is 13.3 Å². The van der Waals surface area contributed by atoms with E-state index in [0.29, 0.717) is 12.5 Å². The Labute approximate surface area is 124 Å². The molecule has 1 aromatic rings. The number of aromatic nitrogens is 1. The highest BCUT2D eigenvalue weighted by molar-refractivity contribution is 9.10. The van der Waals surface area contributed by atoms with E-state index >= 15 is 0 Å². The molecule has 0 bridgehead atoms. The van der Waals surface area contributed by atoms with Gasteiger partial charge in [0.25, 0.3) is 0 Å². The number of hydrogen-bond acceptors (Lipinski definition) is 3. The van der Waals surface area contributed by atoms with E-state index in [1.54, 1.807) is 0 Å². The minimum Gasteiger partial charge on any atom is -0.477 e. The van der Waals surface area contributed by atoms with Gasteiger partial charge in [-0.25, -0.2) is 9.98 Å². The molecule has 0 saturated carbocycles. The molecule has 4 nitrogen and oxygen atoms in total. The van der Waals surface area contributed by atoms with Crippen molar-refractivity contribution in [1.29, 1.82) is 0 Å². The van der Waals surface area contributed by atoms with Crippen molar-refractivity contribution in [1.82, 2.24) is 9.88 Å². The lowest BCUT2D eigenvalue weighted by Crippen LogP contribution is -2.14. The molecular weight excluding hydrogens is 306 g/mol. The first-order valence-electron chi connectivity index (χ1n) is 6.62. The molecular formula is C14H22BrN3O. The third-order valence-electron chi connectivity index (χ3n) is 2.74. The van der Waals surface area contributed by atoms with Gasteiger partial charge in [0, 0.05) is 13.6 Å². The van der Waals surface area contributed by atoms with E-state index in [0.717, 1.165) is 35.2 Å². The van der Waals surface area contributed by atoms with Gasteiger partial charge in [0.05, 0.1) is 28.8 Å². The fraction of sp³-hybridized carbons (Fsp3) is 0.571. The average Bonchev–Trinajstić information content (AvgIpc) is 2.40. The van der Waals surface area contributed by atoms with Crippen LogP contribution in [0.2, 0.25) is 0 Å². The Morgan fingerprint density at radius 1 is 1.47 bits per heavy atom. The molecule has 0 aromatic carbocycles. The van der Waals surface area contributed by atoms with Gasteiger partial charge in [-0.15, -0.1) is 0 Å². The second-order valence-electron chi connectivity index (χ2n) is 4.40. The quantitative estimate of drug-likeness (QED) is 0.432. The number of aliphatic imine (C=N–C) groups is 1. The van der Waals surface area contributed by atoms with Crippen LogP contribution in [0.25, 0.3) is 0 Å². The zero-order chi connectivity index (χ0) is 14.3. The van der Waals surface area contributed by atoms with E-state index in [-0.39, 0.29) is 0 Å². The molecule has 5 heteroatoms. The highest BCUT2D eigenvalue weighted by Gasteiger charge is 2.07. The molecule has 1 rings (SSSR count). The van der Waals surface area contributed by atoms with E-state index < -0.39 is 0 Å². The number of pyridine rings is 1. The van der Waals surface area contributed by atoms with Crippen molar-refractivity contribution in [2.24, 2.45) is 4.99 Å². The van der Waals surface area contributed by atoms with Gasteiger partial charge in [-0.3, -0.25) is 0 Å². The summed E-state index contributed by atoms with van der Waals surface area (Å²) in [5, 5.41) is 0. The molecule has 1 aromatic heterocycles. The number of nitrogens with zero attached hydrogens (tertiary/aromatic N) is 3. The number of hydrogen-bond donors (Lipinski definition) is 0. The van der Waals surface area contributed by atoms with Crippen LogP contribution in [0.15, 0.2) is 15.5 Å². The first kappa shape index (κ1) is 16.0. The summed E-state index contributed by atoms with van der Waals surface area (Å²) >= 11 is 3.48. The topological polar surface area (TPSA) is 37.7 Å². The van der Waals surface area contributed by atoms with Crippen LogP contribution in [-0.4, -0.2) is 36.4 Å². The Morgan fingerprint density at radius 2 is 2.21 bits per heavy atom. The standard InChI is InChI=1S/C14H22BrN3O/c1-5-7-8-19-14-12(15)9-13(11(3)17-14)16-10-18(4)6-2/h9-10H,5-8H2,1-4H3. The van der Waals surface area contributed by atoms with Gasteiger partial charge < -0.3 is 9.64 Å². The Hall–Kier alpha value is -1.10. The summed E-state index contributed by atoms with van der Waals surface area (Å²) in [5.41, 5.74) is 1.73. The predicted molar refractivity (Wildman–Crippen MR) is 83.5 cm³/mol. The Morgan fingerprint density at radius 3 is 2.84 bits per heavy atom. The van der Waals surface area contributed by atoms with Crippen LogP contribution in [0.1, 0.15) is 32.4 Å². The number of halogens is 1. The monoisotopic (exact) mass is 327 g/mol. The Kier molecular flexibility index (Phi) is 6.84. The summed E-state index contributed by atoms with van der Waals surface area (Å²) in [6, 6.07) is 1.95. The van der Waals surface area contributed by atoms with Crippen LogP contribution in [0.4, 0.5) is 5.69 Å². The van der Waals surface area contributed by atoms with Crippen molar-refractivity contribution < 1.29 is 4.74 Å². The molecule has 0 radical (unpaired) electrons. The van der Waals surface area contributed by atoms with Crippen LogP contribution in [0.3, 0.4) is 0 Å². The molecule has 0 N–H and O–H groups in total. The molecule has 0 spiro atoms. The summed E-state index contributed by atoms with van der Waals surface area (Å²) in [6.45, 7) is 7.78. The van der Waals surface area contributed by atoms with Crippen molar-refractivity contribution in [2.45, 2.75) is 33.6 Å². The van der Waals surface area contributed by atoms with Crippen molar-refractivity contribution in [2.75, 3.05) is 20.2 Å². The fourth-order valence-corrected chi connectivity index (χ4v) is 1.76. The summed E-state index contributed by atoms with van der Waals surface area (Å²) in [7, 11) is 1.99. The van der Waals surface area contributed by atoms with Gasteiger partial charge >= 0.3 is 0 Å². The molecule has 0 aliphatic rings. The lowest BCUT2D eigenvalue weighted by atomic mass is 10.3. The van der Waals surface area contributed by atoms with E-state index in [2.05, 4.69) is 39.8 Å². The lowest BCUT2D eigenvalue weighted by Gasteiger charge is -2.11. The van der Waals surface area contributed by atoms with Crippen LogP contribution in [-0.2, 0) is 0 Å². The maximum absolute atomic E-state index is 5.64. The SMILES string of the molecule is CCCCOc1nc(C)c(N=CN(C)CC)cc1Br. The smallest absolute Gasteiger partial charge is 0.228 e. The summed E-state index contributed by atoms with van der Waals surface area (Å²) in [4.78, 5) is 10.9. The van der Waals surface area contributed by atoms with Crippen LogP contribution >= 0.6 is 15.9 Å². The predicted octanol–water partition coefficient (Wildman–Crippen LogP) is 3.94. The molecule has 0 amide bonds. The molecule has 0 fully saturated rings. The van der Waals surface area contributed by atoms with E-state index in [4.69, 9.17) is 4.74 Å².